The number of anilines is 1. The predicted octanol–water partition coefficient (Wildman–Crippen LogP) is 0.935. The van der Waals surface area contributed by atoms with Gasteiger partial charge in [0.2, 0.25) is 0 Å². The van der Waals surface area contributed by atoms with E-state index in [0.29, 0.717) is 23.1 Å². The zero-order valence-corrected chi connectivity index (χ0v) is 10.0. The van der Waals surface area contributed by atoms with Crippen molar-refractivity contribution < 1.29 is 4.79 Å². The van der Waals surface area contributed by atoms with Gasteiger partial charge in [-0.3, -0.25) is 9.48 Å². The number of nitrogens with zero attached hydrogens (tertiary/aromatic N) is 3. The van der Waals surface area contributed by atoms with E-state index in [4.69, 9.17) is 5.73 Å². The first-order chi connectivity index (χ1) is 7.52. The number of aryl methyl sites for hydroxylation is 2. The van der Waals surface area contributed by atoms with Crippen LogP contribution in [0, 0.1) is 6.92 Å². The van der Waals surface area contributed by atoms with E-state index in [1.54, 1.807) is 16.6 Å². The van der Waals surface area contributed by atoms with Gasteiger partial charge in [-0.05, 0) is 26.2 Å². The van der Waals surface area contributed by atoms with Crippen molar-refractivity contribution in [3.63, 3.8) is 0 Å². The topological polar surface area (TPSA) is 64.2 Å². The van der Waals surface area contributed by atoms with Crippen molar-refractivity contribution in [2.75, 3.05) is 12.8 Å². The Morgan fingerprint density at radius 2 is 2.19 bits per heavy atom. The Labute approximate surface area is 95.2 Å². The molecule has 1 amide bonds. The molecule has 1 aliphatic rings. The third kappa shape index (κ3) is 1.56. The van der Waals surface area contributed by atoms with Crippen LogP contribution in [0.2, 0.25) is 0 Å². The Balaban J connectivity index is 2.25. The van der Waals surface area contributed by atoms with Gasteiger partial charge in [-0.15, -0.1) is 0 Å². The van der Waals surface area contributed by atoms with Gasteiger partial charge in [0.15, 0.2) is 0 Å². The fraction of sp³-hybridized carbons (Fsp3) is 0.636. The standard InChI is InChI=1S/C11H18N4O/c1-7-9(12)10(15(3)13-7)11(16)14(2)8-5-4-6-8/h8H,4-6,12H2,1-3H3. The van der Waals surface area contributed by atoms with Crippen LogP contribution in [0.3, 0.4) is 0 Å². The molecule has 16 heavy (non-hydrogen) atoms. The second kappa shape index (κ2) is 3.81. The van der Waals surface area contributed by atoms with E-state index in [-0.39, 0.29) is 5.91 Å². The summed E-state index contributed by atoms with van der Waals surface area (Å²) in [5.41, 5.74) is 7.59. The summed E-state index contributed by atoms with van der Waals surface area (Å²) in [6.07, 6.45) is 3.40. The highest BCUT2D eigenvalue weighted by atomic mass is 16.2. The fourth-order valence-corrected chi connectivity index (χ4v) is 2.04. The van der Waals surface area contributed by atoms with E-state index in [0.717, 1.165) is 12.8 Å². The maximum absolute atomic E-state index is 12.2. The molecule has 1 heterocycles. The number of hydrogen-bond acceptors (Lipinski definition) is 3. The second-order valence-corrected chi connectivity index (χ2v) is 4.47. The van der Waals surface area contributed by atoms with E-state index in [1.165, 1.54) is 6.42 Å². The molecule has 0 radical (unpaired) electrons. The molecule has 5 nitrogen and oxygen atoms in total. The Kier molecular flexibility index (Phi) is 2.61. The summed E-state index contributed by atoms with van der Waals surface area (Å²) in [4.78, 5) is 14.0. The maximum Gasteiger partial charge on any atom is 0.274 e. The summed E-state index contributed by atoms with van der Waals surface area (Å²) in [5, 5.41) is 4.16. The average Bonchev–Trinajstić information content (AvgIpc) is 2.37. The lowest BCUT2D eigenvalue weighted by molar-refractivity contribution is 0.0642. The zero-order valence-electron chi connectivity index (χ0n) is 10.0. The van der Waals surface area contributed by atoms with Gasteiger partial charge in [-0.2, -0.15) is 5.10 Å². The largest absolute Gasteiger partial charge is 0.395 e. The van der Waals surface area contributed by atoms with E-state index >= 15 is 0 Å². The molecule has 1 fully saturated rings. The van der Waals surface area contributed by atoms with Gasteiger partial charge in [-0.1, -0.05) is 0 Å². The number of hydrogen-bond donors (Lipinski definition) is 1. The van der Waals surface area contributed by atoms with Crippen molar-refractivity contribution in [1.82, 2.24) is 14.7 Å². The lowest BCUT2D eigenvalue weighted by Gasteiger charge is -2.34. The van der Waals surface area contributed by atoms with E-state index in [2.05, 4.69) is 5.10 Å². The van der Waals surface area contributed by atoms with Crippen molar-refractivity contribution >= 4 is 11.6 Å². The van der Waals surface area contributed by atoms with E-state index in [9.17, 15) is 4.79 Å². The van der Waals surface area contributed by atoms with Crippen LogP contribution >= 0.6 is 0 Å². The van der Waals surface area contributed by atoms with Gasteiger partial charge in [0.1, 0.15) is 5.69 Å². The van der Waals surface area contributed by atoms with Crippen LogP contribution in [0.15, 0.2) is 0 Å². The molecule has 1 aromatic heterocycles. The number of carbonyl (C=O) groups is 1. The number of amides is 1. The summed E-state index contributed by atoms with van der Waals surface area (Å²) in [7, 11) is 3.60. The molecule has 1 aliphatic carbocycles. The minimum Gasteiger partial charge on any atom is -0.395 e. The van der Waals surface area contributed by atoms with E-state index in [1.807, 2.05) is 14.0 Å². The Hall–Kier alpha value is -1.52. The van der Waals surface area contributed by atoms with E-state index < -0.39 is 0 Å². The van der Waals surface area contributed by atoms with Crippen molar-refractivity contribution in [1.29, 1.82) is 0 Å². The van der Waals surface area contributed by atoms with Crippen LogP contribution < -0.4 is 5.73 Å². The first kappa shape index (κ1) is 11.0. The molecule has 0 aromatic carbocycles. The molecule has 0 saturated heterocycles. The fourth-order valence-electron chi connectivity index (χ4n) is 2.04. The maximum atomic E-state index is 12.2. The zero-order chi connectivity index (χ0) is 11.9. The molecule has 1 aromatic rings. The third-order valence-corrected chi connectivity index (χ3v) is 3.41. The van der Waals surface area contributed by atoms with Crippen molar-refractivity contribution in [3.05, 3.63) is 11.4 Å². The lowest BCUT2D eigenvalue weighted by Crippen LogP contribution is -2.42. The molecule has 2 N–H and O–H groups in total. The van der Waals surface area contributed by atoms with Crippen LogP contribution in [-0.4, -0.2) is 33.7 Å². The first-order valence-electron chi connectivity index (χ1n) is 5.58. The minimum absolute atomic E-state index is 0.0229. The summed E-state index contributed by atoms with van der Waals surface area (Å²) < 4.78 is 1.57. The number of rotatable bonds is 2. The van der Waals surface area contributed by atoms with Gasteiger partial charge in [0.05, 0.1) is 11.4 Å². The molecular formula is C11H18N4O. The number of carbonyl (C=O) groups excluding carboxylic acids is 1. The predicted molar refractivity (Wildman–Crippen MR) is 62.1 cm³/mol. The van der Waals surface area contributed by atoms with Gasteiger partial charge in [-0.25, -0.2) is 0 Å². The molecule has 2 rings (SSSR count). The highest BCUT2D eigenvalue weighted by Gasteiger charge is 2.29. The smallest absolute Gasteiger partial charge is 0.274 e. The quantitative estimate of drug-likeness (QED) is 0.809. The molecule has 88 valence electrons. The van der Waals surface area contributed by atoms with Crippen LogP contribution in [0.25, 0.3) is 0 Å². The normalized spacial score (nSPS) is 15.9. The van der Waals surface area contributed by atoms with Crippen molar-refractivity contribution in [2.45, 2.75) is 32.2 Å². The number of nitrogens with two attached hydrogens (primary N) is 1. The van der Waals surface area contributed by atoms with Crippen molar-refractivity contribution in [3.8, 4) is 0 Å². The molecule has 0 aliphatic heterocycles. The monoisotopic (exact) mass is 222 g/mol. The van der Waals surface area contributed by atoms with Gasteiger partial charge in [0.25, 0.3) is 5.91 Å². The molecular weight excluding hydrogens is 204 g/mol. The minimum atomic E-state index is -0.0229. The SMILES string of the molecule is Cc1nn(C)c(C(=O)N(C)C2CCC2)c1N. The van der Waals surface area contributed by atoms with Gasteiger partial charge >= 0.3 is 0 Å². The summed E-state index contributed by atoms with van der Waals surface area (Å²) >= 11 is 0. The molecule has 0 atom stereocenters. The van der Waals surface area contributed by atoms with Gasteiger partial charge < -0.3 is 10.6 Å². The Morgan fingerprint density at radius 3 is 2.56 bits per heavy atom. The highest BCUT2D eigenvalue weighted by Crippen LogP contribution is 2.26. The van der Waals surface area contributed by atoms with Crippen LogP contribution in [0.4, 0.5) is 5.69 Å². The van der Waals surface area contributed by atoms with Crippen LogP contribution in [0.5, 0.6) is 0 Å². The molecule has 1 saturated carbocycles. The lowest BCUT2D eigenvalue weighted by atomic mass is 9.91. The molecule has 0 bridgehead atoms. The van der Waals surface area contributed by atoms with Crippen molar-refractivity contribution in [2.24, 2.45) is 7.05 Å². The summed E-state index contributed by atoms with van der Waals surface area (Å²) in [5.74, 6) is -0.0229. The molecule has 0 unspecified atom stereocenters. The third-order valence-electron chi connectivity index (χ3n) is 3.41. The Bertz CT molecular complexity index is 420. The van der Waals surface area contributed by atoms with Crippen LogP contribution in [0.1, 0.15) is 35.4 Å². The first-order valence-corrected chi connectivity index (χ1v) is 5.58. The highest BCUT2D eigenvalue weighted by molar-refractivity contribution is 5.98. The van der Waals surface area contributed by atoms with Gasteiger partial charge in [0, 0.05) is 20.1 Å². The van der Waals surface area contributed by atoms with Crippen LogP contribution in [-0.2, 0) is 7.05 Å². The molecule has 5 heteroatoms. The summed E-state index contributed by atoms with van der Waals surface area (Å²) in [6, 6.07) is 0.377. The Morgan fingerprint density at radius 1 is 1.56 bits per heavy atom. The average molecular weight is 222 g/mol. The number of aromatic nitrogens is 2. The second-order valence-electron chi connectivity index (χ2n) is 4.47. The summed E-state index contributed by atoms with van der Waals surface area (Å²) in [6.45, 7) is 1.81. The molecule has 0 spiro atoms. The number of nitrogen functional groups attached to an aromatic ring is 1.